The van der Waals surface area contributed by atoms with Gasteiger partial charge in [-0.3, -0.25) is 14.6 Å². The van der Waals surface area contributed by atoms with Crippen LogP contribution in [0.15, 0.2) is 6.20 Å². The van der Waals surface area contributed by atoms with Gasteiger partial charge in [-0.1, -0.05) is 0 Å². The normalized spacial score (nSPS) is 10.0. The Morgan fingerprint density at radius 3 is 2.67 bits per heavy atom. The number of esters is 2. The van der Waals surface area contributed by atoms with Crippen molar-refractivity contribution >= 4 is 11.9 Å². The molecule has 1 heterocycles. The van der Waals surface area contributed by atoms with Gasteiger partial charge in [0.05, 0.1) is 25.4 Å². The number of carbonyl (C=O) groups excluding carboxylic acids is 2. The van der Waals surface area contributed by atoms with Crippen molar-refractivity contribution in [3.8, 4) is 0 Å². The highest BCUT2D eigenvalue weighted by Crippen LogP contribution is 2.17. The first kappa shape index (κ1) is 14.1. The third-order valence-corrected chi connectivity index (χ3v) is 2.45. The predicted octanol–water partition coefficient (Wildman–Crippen LogP) is 1.31. The maximum Gasteiger partial charge on any atom is 0.310 e. The van der Waals surface area contributed by atoms with E-state index >= 15 is 0 Å². The standard InChI is InChI=1S/C12H14FNO4/c1-7-9(4-12(16)17-3)11(6-18-8(2)15)14-5-10(7)13/h5H,4,6H2,1-3H3. The monoisotopic (exact) mass is 255 g/mol. The van der Waals surface area contributed by atoms with Crippen LogP contribution in [0.5, 0.6) is 0 Å². The average molecular weight is 255 g/mol. The smallest absolute Gasteiger partial charge is 0.310 e. The second-order valence-electron chi connectivity index (χ2n) is 3.69. The highest BCUT2D eigenvalue weighted by Gasteiger charge is 2.16. The van der Waals surface area contributed by atoms with Gasteiger partial charge in [0.15, 0.2) is 0 Å². The zero-order chi connectivity index (χ0) is 13.7. The Bertz CT molecular complexity index is 473. The summed E-state index contributed by atoms with van der Waals surface area (Å²) in [6.45, 7) is 2.70. The summed E-state index contributed by atoms with van der Waals surface area (Å²) in [5.41, 5.74) is 1.05. The van der Waals surface area contributed by atoms with E-state index in [0.29, 0.717) is 16.8 Å². The Morgan fingerprint density at radius 2 is 2.11 bits per heavy atom. The highest BCUT2D eigenvalue weighted by atomic mass is 19.1. The third kappa shape index (κ3) is 3.51. The van der Waals surface area contributed by atoms with Crippen LogP contribution in [0.4, 0.5) is 4.39 Å². The second-order valence-corrected chi connectivity index (χ2v) is 3.69. The Balaban J connectivity index is 3.04. The molecule has 0 saturated carbocycles. The zero-order valence-corrected chi connectivity index (χ0v) is 10.4. The summed E-state index contributed by atoms with van der Waals surface area (Å²) in [4.78, 5) is 25.8. The molecule has 18 heavy (non-hydrogen) atoms. The first-order chi connectivity index (χ1) is 8.45. The zero-order valence-electron chi connectivity index (χ0n) is 10.4. The Morgan fingerprint density at radius 1 is 1.44 bits per heavy atom. The first-order valence-corrected chi connectivity index (χ1v) is 5.28. The Hall–Kier alpha value is -1.98. The fraction of sp³-hybridized carbons (Fsp3) is 0.417. The van der Waals surface area contributed by atoms with E-state index in [1.165, 1.54) is 21.0 Å². The van der Waals surface area contributed by atoms with Gasteiger partial charge in [0.1, 0.15) is 12.4 Å². The number of ether oxygens (including phenoxy) is 2. The molecule has 6 heteroatoms. The molecular formula is C12H14FNO4. The average Bonchev–Trinajstić information content (AvgIpc) is 2.33. The number of hydrogen-bond acceptors (Lipinski definition) is 5. The van der Waals surface area contributed by atoms with Gasteiger partial charge < -0.3 is 9.47 Å². The van der Waals surface area contributed by atoms with Crippen LogP contribution < -0.4 is 0 Å². The predicted molar refractivity (Wildman–Crippen MR) is 60.1 cm³/mol. The molecule has 0 radical (unpaired) electrons. The van der Waals surface area contributed by atoms with Gasteiger partial charge in [0.2, 0.25) is 0 Å². The lowest BCUT2D eigenvalue weighted by Crippen LogP contribution is -2.12. The molecule has 0 fully saturated rings. The molecule has 0 bridgehead atoms. The van der Waals surface area contributed by atoms with Crippen molar-refractivity contribution in [3.63, 3.8) is 0 Å². The molecule has 0 aromatic carbocycles. The maximum absolute atomic E-state index is 13.4. The van der Waals surface area contributed by atoms with Crippen LogP contribution in [0.25, 0.3) is 0 Å². The SMILES string of the molecule is COC(=O)Cc1c(COC(C)=O)ncc(F)c1C. The van der Waals surface area contributed by atoms with Gasteiger partial charge in [-0.05, 0) is 18.1 Å². The number of hydrogen-bond donors (Lipinski definition) is 0. The molecule has 0 amide bonds. The van der Waals surface area contributed by atoms with Crippen LogP contribution in [0.2, 0.25) is 0 Å². The summed E-state index contributed by atoms with van der Waals surface area (Å²) in [5, 5.41) is 0. The largest absolute Gasteiger partial charge is 0.469 e. The van der Waals surface area contributed by atoms with Crippen molar-refractivity contribution in [2.45, 2.75) is 26.9 Å². The minimum atomic E-state index is -0.513. The van der Waals surface area contributed by atoms with E-state index in [0.717, 1.165) is 6.20 Å². The van der Waals surface area contributed by atoms with E-state index in [1.807, 2.05) is 0 Å². The molecule has 0 atom stereocenters. The summed E-state index contributed by atoms with van der Waals surface area (Å²) in [6.07, 6.45) is 0.929. The number of carbonyl (C=O) groups is 2. The second kappa shape index (κ2) is 6.09. The molecule has 0 saturated heterocycles. The van der Waals surface area contributed by atoms with E-state index in [2.05, 4.69) is 9.72 Å². The fourth-order valence-corrected chi connectivity index (χ4v) is 1.42. The fourth-order valence-electron chi connectivity index (χ4n) is 1.42. The van der Waals surface area contributed by atoms with E-state index in [9.17, 15) is 14.0 Å². The van der Waals surface area contributed by atoms with Gasteiger partial charge in [0, 0.05) is 6.92 Å². The summed E-state index contributed by atoms with van der Waals surface area (Å²) < 4.78 is 22.7. The molecule has 0 spiro atoms. The lowest BCUT2D eigenvalue weighted by Gasteiger charge is -2.11. The van der Waals surface area contributed by atoms with Crippen molar-refractivity contribution in [2.24, 2.45) is 0 Å². The highest BCUT2D eigenvalue weighted by molar-refractivity contribution is 5.73. The van der Waals surface area contributed by atoms with E-state index in [-0.39, 0.29) is 13.0 Å². The number of halogens is 1. The molecule has 0 aliphatic heterocycles. The molecule has 0 unspecified atom stereocenters. The summed E-state index contributed by atoms with van der Waals surface area (Å²) in [7, 11) is 1.25. The topological polar surface area (TPSA) is 65.5 Å². The lowest BCUT2D eigenvalue weighted by molar-refractivity contribution is -0.142. The molecule has 0 aliphatic carbocycles. The third-order valence-electron chi connectivity index (χ3n) is 2.45. The van der Waals surface area contributed by atoms with E-state index in [4.69, 9.17) is 4.74 Å². The Labute approximate surface area is 104 Å². The van der Waals surface area contributed by atoms with Crippen molar-refractivity contribution < 1.29 is 23.5 Å². The van der Waals surface area contributed by atoms with Crippen LogP contribution in [-0.2, 0) is 32.1 Å². The number of aromatic nitrogens is 1. The van der Waals surface area contributed by atoms with Crippen LogP contribution in [0.3, 0.4) is 0 Å². The summed E-state index contributed by atoms with van der Waals surface area (Å²) in [6, 6.07) is 0. The summed E-state index contributed by atoms with van der Waals surface area (Å²) in [5.74, 6) is -1.49. The van der Waals surface area contributed by atoms with Crippen molar-refractivity contribution in [3.05, 3.63) is 28.8 Å². The minimum absolute atomic E-state index is 0.0945. The van der Waals surface area contributed by atoms with Gasteiger partial charge in [-0.25, -0.2) is 4.39 Å². The quantitative estimate of drug-likeness (QED) is 0.759. The van der Waals surface area contributed by atoms with Gasteiger partial charge in [-0.15, -0.1) is 0 Å². The summed E-state index contributed by atoms with van der Waals surface area (Å²) >= 11 is 0. The van der Waals surface area contributed by atoms with Crippen molar-refractivity contribution in [1.29, 1.82) is 0 Å². The molecular weight excluding hydrogens is 241 g/mol. The van der Waals surface area contributed by atoms with Gasteiger partial charge in [0.25, 0.3) is 0 Å². The van der Waals surface area contributed by atoms with Crippen LogP contribution in [0.1, 0.15) is 23.7 Å². The molecule has 1 aromatic rings. The molecule has 0 aliphatic rings. The number of nitrogens with zero attached hydrogens (tertiary/aromatic N) is 1. The number of pyridine rings is 1. The van der Waals surface area contributed by atoms with Crippen molar-refractivity contribution in [2.75, 3.05) is 7.11 Å². The molecule has 5 nitrogen and oxygen atoms in total. The molecule has 1 rings (SSSR count). The van der Waals surface area contributed by atoms with Crippen LogP contribution in [-0.4, -0.2) is 24.0 Å². The lowest BCUT2D eigenvalue weighted by atomic mass is 10.0. The molecule has 1 aromatic heterocycles. The van der Waals surface area contributed by atoms with Gasteiger partial charge in [-0.2, -0.15) is 0 Å². The van der Waals surface area contributed by atoms with Crippen LogP contribution >= 0.6 is 0 Å². The minimum Gasteiger partial charge on any atom is -0.469 e. The van der Waals surface area contributed by atoms with Crippen LogP contribution in [0, 0.1) is 12.7 Å². The number of methoxy groups -OCH3 is 1. The van der Waals surface area contributed by atoms with E-state index < -0.39 is 17.8 Å². The van der Waals surface area contributed by atoms with Gasteiger partial charge >= 0.3 is 11.9 Å². The molecule has 0 N–H and O–H groups in total. The van der Waals surface area contributed by atoms with E-state index in [1.54, 1.807) is 0 Å². The number of rotatable bonds is 4. The van der Waals surface area contributed by atoms with Crippen molar-refractivity contribution in [1.82, 2.24) is 4.98 Å². The first-order valence-electron chi connectivity index (χ1n) is 5.28. The molecule has 98 valence electrons. The Kier molecular flexibility index (Phi) is 4.76. The maximum atomic E-state index is 13.4.